The Kier molecular flexibility index (Phi) is 5.99. The van der Waals surface area contributed by atoms with Crippen molar-refractivity contribution in [2.75, 3.05) is 24.5 Å². The summed E-state index contributed by atoms with van der Waals surface area (Å²) < 4.78 is 0. The second-order valence-corrected chi connectivity index (χ2v) is 6.19. The average molecular weight is 325 g/mol. The highest BCUT2D eigenvalue weighted by atomic mass is 16.2. The third kappa shape index (κ3) is 4.15. The zero-order valence-electron chi connectivity index (χ0n) is 14.8. The lowest BCUT2D eigenvalue weighted by atomic mass is 9.92. The van der Waals surface area contributed by atoms with E-state index in [0.29, 0.717) is 6.54 Å². The molecule has 0 radical (unpaired) electrons. The largest absolute Gasteiger partial charge is 0.370 e. The number of nitrogens with two attached hydrogens (primary N) is 1. The number of hydrogen-bond donors (Lipinski definition) is 2. The predicted octanol–water partition coefficient (Wildman–Crippen LogP) is 2.81. The molecular weight excluding hydrogens is 298 g/mol. The molecule has 0 aromatic heterocycles. The number of likely N-dealkylation sites (N-methyl/N-ethyl adjacent to an activating group) is 1. The first kappa shape index (κ1) is 18.0. The van der Waals surface area contributed by atoms with Crippen molar-refractivity contribution in [3.63, 3.8) is 0 Å². The number of hydrogen-bond acceptors (Lipinski definition) is 3. The molecule has 0 heterocycles. The molecule has 0 aliphatic carbocycles. The third-order valence-electron chi connectivity index (χ3n) is 4.35. The van der Waals surface area contributed by atoms with Crippen molar-refractivity contribution in [1.29, 1.82) is 0 Å². The second kappa shape index (κ2) is 7.97. The number of amides is 1. The van der Waals surface area contributed by atoms with Crippen LogP contribution in [-0.2, 0) is 10.3 Å². The van der Waals surface area contributed by atoms with Gasteiger partial charge in [-0.15, -0.1) is 0 Å². The number of para-hydroxylation sites is 1. The van der Waals surface area contributed by atoms with Crippen LogP contribution in [0.3, 0.4) is 0 Å². The molecule has 4 heteroatoms. The van der Waals surface area contributed by atoms with Crippen LogP contribution in [0.4, 0.5) is 5.69 Å². The number of nitrogens with zero attached hydrogens (tertiary/aromatic N) is 1. The Morgan fingerprint density at radius 2 is 1.75 bits per heavy atom. The van der Waals surface area contributed by atoms with E-state index in [4.69, 9.17) is 5.73 Å². The summed E-state index contributed by atoms with van der Waals surface area (Å²) in [4.78, 5) is 14.7. The van der Waals surface area contributed by atoms with Crippen molar-refractivity contribution in [3.8, 4) is 0 Å². The van der Waals surface area contributed by atoms with Crippen molar-refractivity contribution >= 4 is 11.6 Å². The molecule has 0 spiro atoms. The van der Waals surface area contributed by atoms with E-state index in [-0.39, 0.29) is 5.91 Å². The first-order valence-electron chi connectivity index (χ1n) is 8.40. The summed E-state index contributed by atoms with van der Waals surface area (Å²) in [5.41, 5.74) is 8.46. The van der Waals surface area contributed by atoms with Gasteiger partial charge in [0.25, 0.3) is 0 Å². The monoisotopic (exact) mass is 325 g/mol. The standard InChI is InChI=1S/C20H27N3O/c1-4-23(18-13-9-8-10-16(18)2)15-14-22-19(24)20(3,21)17-11-6-5-7-12-17/h5-13H,4,14-15,21H2,1-3H3,(H,22,24). The fraction of sp³-hybridized carbons (Fsp3) is 0.350. The smallest absolute Gasteiger partial charge is 0.244 e. The van der Waals surface area contributed by atoms with Gasteiger partial charge in [-0.05, 0) is 38.0 Å². The molecule has 0 bridgehead atoms. The summed E-state index contributed by atoms with van der Waals surface area (Å²) in [7, 11) is 0. The number of carbonyl (C=O) groups is 1. The van der Waals surface area contributed by atoms with Crippen LogP contribution in [0.15, 0.2) is 54.6 Å². The lowest BCUT2D eigenvalue weighted by Gasteiger charge is -2.27. The van der Waals surface area contributed by atoms with Gasteiger partial charge in [0.1, 0.15) is 5.54 Å². The van der Waals surface area contributed by atoms with Crippen LogP contribution in [0, 0.1) is 6.92 Å². The Bertz CT molecular complexity index is 668. The fourth-order valence-corrected chi connectivity index (χ4v) is 2.77. The summed E-state index contributed by atoms with van der Waals surface area (Å²) in [5.74, 6) is -0.158. The van der Waals surface area contributed by atoms with Gasteiger partial charge in [-0.2, -0.15) is 0 Å². The SMILES string of the molecule is CCN(CCNC(=O)C(C)(N)c1ccccc1)c1ccccc1C. The van der Waals surface area contributed by atoms with Gasteiger partial charge >= 0.3 is 0 Å². The number of rotatable bonds is 7. The van der Waals surface area contributed by atoms with Crippen molar-refractivity contribution < 1.29 is 4.79 Å². The third-order valence-corrected chi connectivity index (χ3v) is 4.35. The molecule has 2 rings (SSSR count). The quantitative estimate of drug-likeness (QED) is 0.823. The number of carbonyl (C=O) groups excluding carboxylic acids is 1. The molecule has 24 heavy (non-hydrogen) atoms. The lowest BCUT2D eigenvalue weighted by Crippen LogP contribution is -2.50. The zero-order valence-corrected chi connectivity index (χ0v) is 14.8. The summed E-state index contributed by atoms with van der Waals surface area (Å²) >= 11 is 0. The van der Waals surface area contributed by atoms with E-state index in [1.807, 2.05) is 42.5 Å². The van der Waals surface area contributed by atoms with E-state index in [1.165, 1.54) is 11.3 Å². The maximum atomic E-state index is 12.5. The average Bonchev–Trinajstić information content (AvgIpc) is 2.60. The Morgan fingerprint density at radius 1 is 1.12 bits per heavy atom. The van der Waals surface area contributed by atoms with Crippen molar-refractivity contribution in [1.82, 2.24) is 5.32 Å². The minimum absolute atomic E-state index is 0.158. The number of nitrogens with one attached hydrogen (secondary N) is 1. The van der Waals surface area contributed by atoms with Crippen LogP contribution < -0.4 is 16.0 Å². The molecule has 128 valence electrons. The highest BCUT2D eigenvalue weighted by Gasteiger charge is 2.29. The first-order chi connectivity index (χ1) is 11.5. The van der Waals surface area contributed by atoms with Crippen molar-refractivity contribution in [3.05, 3.63) is 65.7 Å². The van der Waals surface area contributed by atoms with Crippen LogP contribution in [0.5, 0.6) is 0 Å². The Balaban J connectivity index is 1.95. The molecule has 0 saturated heterocycles. The van der Waals surface area contributed by atoms with Crippen LogP contribution in [0.2, 0.25) is 0 Å². The maximum absolute atomic E-state index is 12.5. The van der Waals surface area contributed by atoms with E-state index in [9.17, 15) is 4.79 Å². The van der Waals surface area contributed by atoms with Gasteiger partial charge in [0.15, 0.2) is 0 Å². The lowest BCUT2D eigenvalue weighted by molar-refractivity contribution is -0.126. The molecule has 4 nitrogen and oxygen atoms in total. The normalized spacial score (nSPS) is 13.2. The molecule has 1 amide bonds. The molecular formula is C20H27N3O. The van der Waals surface area contributed by atoms with Gasteiger partial charge in [-0.3, -0.25) is 4.79 Å². The number of benzene rings is 2. The predicted molar refractivity (Wildman–Crippen MR) is 100 cm³/mol. The van der Waals surface area contributed by atoms with Crippen molar-refractivity contribution in [2.24, 2.45) is 5.73 Å². The molecule has 0 saturated carbocycles. The number of anilines is 1. The molecule has 0 aliphatic rings. The minimum Gasteiger partial charge on any atom is -0.370 e. The molecule has 0 aliphatic heterocycles. The van der Waals surface area contributed by atoms with Gasteiger partial charge in [-0.1, -0.05) is 48.5 Å². The molecule has 1 atom stereocenters. The van der Waals surface area contributed by atoms with Gasteiger partial charge in [0, 0.05) is 25.3 Å². The van der Waals surface area contributed by atoms with E-state index in [1.54, 1.807) is 6.92 Å². The van der Waals surface area contributed by atoms with Crippen LogP contribution in [0.1, 0.15) is 25.0 Å². The highest BCUT2D eigenvalue weighted by Crippen LogP contribution is 2.19. The van der Waals surface area contributed by atoms with E-state index >= 15 is 0 Å². The minimum atomic E-state index is -1.03. The molecule has 2 aromatic rings. The topological polar surface area (TPSA) is 58.4 Å². The van der Waals surface area contributed by atoms with Crippen LogP contribution in [-0.4, -0.2) is 25.5 Å². The Morgan fingerprint density at radius 3 is 2.38 bits per heavy atom. The highest BCUT2D eigenvalue weighted by molar-refractivity contribution is 5.87. The molecule has 3 N–H and O–H groups in total. The Hall–Kier alpha value is -2.33. The summed E-state index contributed by atoms with van der Waals surface area (Å²) in [6.07, 6.45) is 0. The van der Waals surface area contributed by atoms with Crippen molar-refractivity contribution in [2.45, 2.75) is 26.3 Å². The van der Waals surface area contributed by atoms with E-state index in [0.717, 1.165) is 18.7 Å². The summed E-state index contributed by atoms with van der Waals surface area (Å²) in [6, 6.07) is 17.7. The maximum Gasteiger partial charge on any atom is 0.244 e. The van der Waals surface area contributed by atoms with Gasteiger partial charge < -0.3 is 16.0 Å². The molecule has 1 unspecified atom stereocenters. The van der Waals surface area contributed by atoms with Crippen LogP contribution in [0.25, 0.3) is 0 Å². The van der Waals surface area contributed by atoms with E-state index in [2.05, 4.69) is 36.2 Å². The first-order valence-corrected chi connectivity index (χ1v) is 8.40. The van der Waals surface area contributed by atoms with Gasteiger partial charge in [-0.25, -0.2) is 0 Å². The van der Waals surface area contributed by atoms with Gasteiger partial charge in [0.2, 0.25) is 5.91 Å². The zero-order chi connectivity index (χ0) is 17.6. The van der Waals surface area contributed by atoms with Gasteiger partial charge in [0.05, 0.1) is 0 Å². The second-order valence-electron chi connectivity index (χ2n) is 6.19. The summed E-state index contributed by atoms with van der Waals surface area (Å²) in [6.45, 7) is 8.16. The fourth-order valence-electron chi connectivity index (χ4n) is 2.77. The summed E-state index contributed by atoms with van der Waals surface area (Å²) in [5, 5.41) is 2.97. The Labute approximate surface area is 144 Å². The molecule has 0 fully saturated rings. The molecule has 2 aromatic carbocycles. The van der Waals surface area contributed by atoms with Crippen LogP contribution >= 0.6 is 0 Å². The van der Waals surface area contributed by atoms with E-state index < -0.39 is 5.54 Å². The number of aryl methyl sites for hydroxylation is 1.